The summed E-state index contributed by atoms with van der Waals surface area (Å²) in [4.78, 5) is 12.2. The van der Waals surface area contributed by atoms with E-state index >= 15 is 0 Å². The summed E-state index contributed by atoms with van der Waals surface area (Å²) in [5.41, 5.74) is 2.38. The molecule has 0 atom stereocenters. The van der Waals surface area contributed by atoms with Gasteiger partial charge in [-0.1, -0.05) is 12.1 Å². The van der Waals surface area contributed by atoms with Gasteiger partial charge in [0.2, 0.25) is 5.91 Å². The van der Waals surface area contributed by atoms with Gasteiger partial charge in [-0.05, 0) is 36.8 Å². The summed E-state index contributed by atoms with van der Waals surface area (Å²) in [7, 11) is 4.78. The van der Waals surface area contributed by atoms with Crippen LogP contribution in [0, 0.1) is 6.92 Å². The number of methoxy groups -OCH3 is 3. The van der Waals surface area contributed by atoms with Crippen LogP contribution in [-0.4, -0.2) is 27.2 Å². The summed E-state index contributed by atoms with van der Waals surface area (Å²) < 4.78 is 15.8. The lowest BCUT2D eigenvalue weighted by atomic mass is 10.1. The summed E-state index contributed by atoms with van der Waals surface area (Å²) >= 11 is 0. The molecule has 122 valence electrons. The van der Waals surface area contributed by atoms with Crippen LogP contribution in [0.3, 0.4) is 0 Å². The Morgan fingerprint density at radius 1 is 0.957 bits per heavy atom. The molecule has 0 aromatic heterocycles. The zero-order valence-corrected chi connectivity index (χ0v) is 13.8. The minimum Gasteiger partial charge on any atom is -0.497 e. The van der Waals surface area contributed by atoms with Crippen molar-refractivity contribution in [2.75, 3.05) is 26.6 Å². The van der Waals surface area contributed by atoms with Crippen molar-refractivity contribution in [1.82, 2.24) is 0 Å². The molecule has 0 aliphatic rings. The second kappa shape index (κ2) is 7.54. The van der Waals surface area contributed by atoms with Gasteiger partial charge in [-0.25, -0.2) is 0 Å². The molecule has 0 saturated carbocycles. The van der Waals surface area contributed by atoms with Gasteiger partial charge in [-0.15, -0.1) is 0 Å². The van der Waals surface area contributed by atoms with Gasteiger partial charge in [0.05, 0.1) is 33.4 Å². The van der Waals surface area contributed by atoms with Crippen LogP contribution in [0.5, 0.6) is 17.2 Å². The van der Waals surface area contributed by atoms with Crippen LogP contribution in [0.15, 0.2) is 36.4 Å². The number of rotatable bonds is 6. The molecule has 1 N–H and O–H groups in total. The molecule has 0 heterocycles. The lowest BCUT2D eigenvalue weighted by Crippen LogP contribution is -2.15. The summed E-state index contributed by atoms with van der Waals surface area (Å²) in [5.74, 6) is 1.97. The summed E-state index contributed by atoms with van der Waals surface area (Å²) in [6, 6.07) is 11.0. The Bertz CT molecular complexity index is 680. The molecule has 0 fully saturated rings. The molecule has 5 heteroatoms. The zero-order valence-electron chi connectivity index (χ0n) is 13.8. The number of carbonyl (C=O) groups excluding carboxylic acids is 1. The van der Waals surface area contributed by atoms with Crippen molar-refractivity contribution in [3.05, 3.63) is 47.5 Å². The number of carbonyl (C=O) groups is 1. The molecule has 0 unspecified atom stereocenters. The van der Waals surface area contributed by atoms with E-state index < -0.39 is 0 Å². The molecule has 0 saturated heterocycles. The van der Waals surface area contributed by atoms with Gasteiger partial charge in [-0.3, -0.25) is 4.79 Å². The van der Waals surface area contributed by atoms with E-state index in [1.807, 2.05) is 31.2 Å². The Morgan fingerprint density at radius 3 is 2.22 bits per heavy atom. The Balaban J connectivity index is 2.11. The first-order valence-electron chi connectivity index (χ1n) is 7.23. The second-order valence-electron chi connectivity index (χ2n) is 5.05. The zero-order chi connectivity index (χ0) is 16.8. The van der Waals surface area contributed by atoms with Gasteiger partial charge in [0.1, 0.15) is 17.2 Å². The standard InChI is InChI=1S/C18H21NO4/c1-12-16(22-3)10-9-15(18(12)23-4)19-17(20)11-13-5-7-14(21-2)8-6-13/h5-10H,11H2,1-4H3,(H,19,20). The minimum atomic E-state index is -0.113. The van der Waals surface area contributed by atoms with Crippen LogP contribution in [0.1, 0.15) is 11.1 Å². The predicted molar refractivity (Wildman–Crippen MR) is 89.6 cm³/mol. The van der Waals surface area contributed by atoms with Gasteiger partial charge >= 0.3 is 0 Å². The molecule has 0 aliphatic carbocycles. The van der Waals surface area contributed by atoms with E-state index in [4.69, 9.17) is 14.2 Å². The molecule has 0 bridgehead atoms. The van der Waals surface area contributed by atoms with Crippen LogP contribution in [-0.2, 0) is 11.2 Å². The lowest BCUT2D eigenvalue weighted by Gasteiger charge is -2.15. The normalized spacial score (nSPS) is 10.1. The number of ether oxygens (including phenoxy) is 3. The van der Waals surface area contributed by atoms with Gasteiger partial charge in [0.25, 0.3) is 0 Å². The third-order valence-corrected chi connectivity index (χ3v) is 3.58. The van der Waals surface area contributed by atoms with Crippen molar-refractivity contribution >= 4 is 11.6 Å². The van der Waals surface area contributed by atoms with Gasteiger partial charge in [-0.2, -0.15) is 0 Å². The average Bonchev–Trinajstić information content (AvgIpc) is 2.56. The number of amides is 1. The van der Waals surface area contributed by atoms with E-state index in [9.17, 15) is 4.79 Å². The van der Waals surface area contributed by atoms with Gasteiger partial charge < -0.3 is 19.5 Å². The third-order valence-electron chi connectivity index (χ3n) is 3.58. The fraction of sp³-hybridized carbons (Fsp3) is 0.278. The Labute approximate surface area is 136 Å². The maximum Gasteiger partial charge on any atom is 0.228 e. The second-order valence-corrected chi connectivity index (χ2v) is 5.05. The van der Waals surface area contributed by atoms with Gasteiger partial charge in [0, 0.05) is 5.56 Å². The Hall–Kier alpha value is -2.69. The van der Waals surface area contributed by atoms with Crippen molar-refractivity contribution in [2.45, 2.75) is 13.3 Å². The van der Waals surface area contributed by atoms with Crippen molar-refractivity contribution in [3.63, 3.8) is 0 Å². The number of hydrogen-bond acceptors (Lipinski definition) is 4. The van der Waals surface area contributed by atoms with Crippen molar-refractivity contribution in [1.29, 1.82) is 0 Å². The number of hydrogen-bond donors (Lipinski definition) is 1. The van der Waals surface area contributed by atoms with E-state index in [-0.39, 0.29) is 12.3 Å². The molecular weight excluding hydrogens is 294 g/mol. The van der Waals surface area contributed by atoms with Crippen LogP contribution in [0.25, 0.3) is 0 Å². The van der Waals surface area contributed by atoms with Crippen molar-refractivity contribution in [3.8, 4) is 17.2 Å². The maximum absolute atomic E-state index is 12.2. The molecule has 23 heavy (non-hydrogen) atoms. The summed E-state index contributed by atoms with van der Waals surface area (Å²) in [6.07, 6.45) is 0.276. The largest absolute Gasteiger partial charge is 0.497 e. The quantitative estimate of drug-likeness (QED) is 0.889. The van der Waals surface area contributed by atoms with Crippen molar-refractivity contribution in [2.24, 2.45) is 0 Å². The van der Waals surface area contributed by atoms with Crippen LogP contribution in [0.2, 0.25) is 0 Å². The first-order chi connectivity index (χ1) is 11.1. The predicted octanol–water partition coefficient (Wildman–Crippen LogP) is 3.20. The van der Waals surface area contributed by atoms with Crippen molar-refractivity contribution < 1.29 is 19.0 Å². The van der Waals surface area contributed by atoms with Crippen LogP contribution in [0.4, 0.5) is 5.69 Å². The number of benzene rings is 2. The molecule has 2 aromatic carbocycles. The highest BCUT2D eigenvalue weighted by molar-refractivity contribution is 5.94. The lowest BCUT2D eigenvalue weighted by molar-refractivity contribution is -0.115. The third kappa shape index (κ3) is 3.94. The average molecular weight is 315 g/mol. The Kier molecular flexibility index (Phi) is 5.46. The van der Waals surface area contributed by atoms with E-state index in [1.54, 1.807) is 33.5 Å². The maximum atomic E-state index is 12.2. The van der Waals surface area contributed by atoms with E-state index in [0.29, 0.717) is 11.4 Å². The highest BCUT2D eigenvalue weighted by Gasteiger charge is 2.13. The van der Waals surface area contributed by atoms with Crippen LogP contribution >= 0.6 is 0 Å². The van der Waals surface area contributed by atoms with E-state index in [1.165, 1.54) is 0 Å². The van der Waals surface area contributed by atoms with E-state index in [0.717, 1.165) is 22.6 Å². The fourth-order valence-electron chi connectivity index (χ4n) is 2.38. The topological polar surface area (TPSA) is 56.8 Å². The summed E-state index contributed by atoms with van der Waals surface area (Å²) in [5, 5.41) is 2.88. The molecular formula is C18H21NO4. The SMILES string of the molecule is COc1ccc(CC(=O)Nc2ccc(OC)c(C)c2OC)cc1. The number of nitrogens with one attached hydrogen (secondary N) is 1. The highest BCUT2D eigenvalue weighted by atomic mass is 16.5. The van der Waals surface area contributed by atoms with Gasteiger partial charge in [0.15, 0.2) is 0 Å². The van der Waals surface area contributed by atoms with Crippen LogP contribution < -0.4 is 19.5 Å². The molecule has 0 radical (unpaired) electrons. The molecule has 5 nitrogen and oxygen atoms in total. The first-order valence-corrected chi connectivity index (χ1v) is 7.23. The smallest absolute Gasteiger partial charge is 0.228 e. The number of anilines is 1. The monoisotopic (exact) mass is 315 g/mol. The Morgan fingerprint density at radius 2 is 1.65 bits per heavy atom. The molecule has 0 spiro atoms. The summed E-state index contributed by atoms with van der Waals surface area (Å²) in [6.45, 7) is 1.89. The molecule has 2 aromatic rings. The fourth-order valence-corrected chi connectivity index (χ4v) is 2.38. The highest BCUT2D eigenvalue weighted by Crippen LogP contribution is 2.34. The molecule has 0 aliphatic heterocycles. The van der Waals surface area contributed by atoms with E-state index in [2.05, 4.69) is 5.32 Å². The molecule has 2 rings (SSSR count). The first kappa shape index (κ1) is 16.7. The minimum absolute atomic E-state index is 0.113. The molecule has 1 amide bonds.